The lowest BCUT2D eigenvalue weighted by Gasteiger charge is -2.36. The van der Waals surface area contributed by atoms with Crippen LogP contribution in [0.25, 0.3) is 44.2 Å². The molecule has 3 heterocycles. The van der Waals surface area contributed by atoms with Gasteiger partial charge in [0.2, 0.25) is 13.6 Å². The molecule has 0 fully saturated rings. The predicted octanol–water partition coefficient (Wildman–Crippen LogP) is 6.74. The highest BCUT2D eigenvalue weighted by Crippen LogP contribution is 2.55. The zero-order valence-electron chi connectivity index (χ0n) is 20.6. The average molecular weight is 502 g/mol. The summed E-state index contributed by atoms with van der Waals surface area (Å²) in [4.78, 5) is 1.90. The lowest BCUT2D eigenvalue weighted by Crippen LogP contribution is -2.28. The quantitative estimate of drug-likeness (QED) is 0.289. The lowest BCUT2D eigenvalue weighted by molar-refractivity contribution is 0.157. The third-order valence-corrected chi connectivity index (χ3v) is 7.76. The number of hydrogen-bond donors (Lipinski definition) is 1. The number of ether oxygens (including phenoxy) is 4. The molecule has 6 nitrogen and oxygen atoms in total. The molecule has 1 atom stereocenters. The van der Waals surface area contributed by atoms with E-state index >= 15 is 0 Å². The number of rotatable bonds is 2. The van der Waals surface area contributed by atoms with E-state index in [0.717, 1.165) is 55.6 Å². The van der Waals surface area contributed by atoms with E-state index in [1.54, 1.807) is 0 Å². The Hall–Kier alpha value is -4.68. The van der Waals surface area contributed by atoms with Gasteiger partial charge in [0.15, 0.2) is 29.2 Å². The maximum absolute atomic E-state index is 11.5. The average Bonchev–Trinajstić information content (AvgIpc) is 3.64. The molecule has 0 saturated heterocycles. The van der Waals surface area contributed by atoms with Crippen molar-refractivity contribution in [3.8, 4) is 56.4 Å². The fraction of sp³-hybridized carbons (Fsp3) is 0.125. The molecule has 0 spiro atoms. The number of benzene rings is 5. The third-order valence-electron chi connectivity index (χ3n) is 7.76. The molecule has 3 aliphatic rings. The van der Waals surface area contributed by atoms with Crippen molar-refractivity contribution in [2.24, 2.45) is 0 Å². The number of hydrogen-bond acceptors (Lipinski definition) is 6. The minimum atomic E-state index is -0.890. The van der Waals surface area contributed by atoms with E-state index in [0.29, 0.717) is 17.2 Å². The minimum absolute atomic E-state index is 0.155. The molecule has 0 radical (unpaired) electrons. The first-order chi connectivity index (χ1) is 18.7. The summed E-state index contributed by atoms with van der Waals surface area (Å²) < 4.78 is 23.2. The second-order valence-corrected chi connectivity index (χ2v) is 9.73. The van der Waals surface area contributed by atoms with E-state index in [4.69, 9.17) is 18.9 Å². The Labute approximate surface area is 219 Å². The first-order valence-electron chi connectivity index (χ1n) is 12.6. The first kappa shape index (κ1) is 21.4. The van der Waals surface area contributed by atoms with Gasteiger partial charge >= 0.3 is 0 Å². The van der Waals surface area contributed by atoms with Crippen molar-refractivity contribution in [3.05, 3.63) is 90.5 Å². The molecule has 8 rings (SSSR count). The summed E-state index contributed by atoms with van der Waals surface area (Å²) in [5.74, 6) is 2.71. The van der Waals surface area contributed by atoms with Crippen molar-refractivity contribution in [1.82, 2.24) is 0 Å². The second-order valence-electron chi connectivity index (χ2n) is 9.73. The third kappa shape index (κ3) is 2.92. The Balaban J connectivity index is 1.36. The molecule has 5 aromatic carbocycles. The lowest BCUT2D eigenvalue weighted by atomic mass is 9.86. The Morgan fingerprint density at radius 2 is 1.34 bits per heavy atom. The van der Waals surface area contributed by atoms with Crippen LogP contribution >= 0.6 is 0 Å². The first-order valence-corrected chi connectivity index (χ1v) is 12.6. The SMILES string of the molecule is CN1c2c(ccc3c(-c4ccc(-c5ccccc5)cc4)c4c(cc23)OCO4)-c2ccc3c(c2C1O)OCO3. The maximum atomic E-state index is 11.5. The highest BCUT2D eigenvalue weighted by Gasteiger charge is 2.36. The van der Waals surface area contributed by atoms with Gasteiger partial charge in [0, 0.05) is 23.6 Å². The molecule has 0 bridgehead atoms. The van der Waals surface area contributed by atoms with Gasteiger partial charge in [-0.25, -0.2) is 0 Å². The molecule has 5 aromatic rings. The molecule has 0 saturated carbocycles. The molecule has 6 heteroatoms. The largest absolute Gasteiger partial charge is 0.454 e. The second kappa shape index (κ2) is 7.91. The van der Waals surface area contributed by atoms with E-state index in [9.17, 15) is 5.11 Å². The number of nitrogens with zero attached hydrogens (tertiary/aromatic N) is 1. The molecular weight excluding hydrogens is 478 g/mol. The molecular formula is C32H23NO5. The van der Waals surface area contributed by atoms with Gasteiger partial charge in [-0.05, 0) is 45.8 Å². The van der Waals surface area contributed by atoms with E-state index < -0.39 is 6.23 Å². The van der Waals surface area contributed by atoms with Gasteiger partial charge in [0.1, 0.15) is 0 Å². The molecule has 186 valence electrons. The normalized spacial score (nSPS) is 16.5. The number of anilines is 1. The summed E-state index contributed by atoms with van der Waals surface area (Å²) in [5, 5.41) is 13.5. The molecule has 38 heavy (non-hydrogen) atoms. The minimum Gasteiger partial charge on any atom is -0.454 e. The molecule has 1 N–H and O–H groups in total. The van der Waals surface area contributed by atoms with Crippen molar-refractivity contribution in [3.63, 3.8) is 0 Å². The molecule has 1 unspecified atom stereocenters. The number of fused-ring (bicyclic) bond motifs is 8. The molecule has 0 aromatic heterocycles. The molecule has 3 aliphatic heterocycles. The van der Waals surface area contributed by atoms with E-state index in [1.165, 1.54) is 5.56 Å². The van der Waals surface area contributed by atoms with Crippen LogP contribution in [-0.4, -0.2) is 25.7 Å². The highest BCUT2D eigenvalue weighted by molar-refractivity contribution is 6.12. The van der Waals surface area contributed by atoms with Crippen molar-refractivity contribution in [2.75, 3.05) is 25.5 Å². The van der Waals surface area contributed by atoms with Crippen LogP contribution in [0.2, 0.25) is 0 Å². The fourth-order valence-electron chi connectivity index (χ4n) is 5.96. The van der Waals surface area contributed by atoms with Crippen molar-refractivity contribution < 1.29 is 24.1 Å². The Morgan fingerprint density at radius 3 is 2.16 bits per heavy atom. The van der Waals surface area contributed by atoms with Gasteiger partial charge in [0.25, 0.3) is 0 Å². The summed E-state index contributed by atoms with van der Waals surface area (Å²) in [6, 6.07) is 29.1. The van der Waals surface area contributed by atoms with Crippen LogP contribution in [0.4, 0.5) is 5.69 Å². The number of aliphatic hydroxyl groups is 1. The van der Waals surface area contributed by atoms with Crippen LogP contribution in [0, 0.1) is 0 Å². The van der Waals surface area contributed by atoms with Gasteiger partial charge in [-0.1, -0.05) is 66.7 Å². The molecule has 0 amide bonds. The predicted molar refractivity (Wildman–Crippen MR) is 146 cm³/mol. The van der Waals surface area contributed by atoms with Crippen molar-refractivity contribution >= 4 is 16.5 Å². The van der Waals surface area contributed by atoms with Crippen LogP contribution in [0.3, 0.4) is 0 Å². The molecule has 0 aliphatic carbocycles. The highest BCUT2D eigenvalue weighted by atomic mass is 16.7. The summed E-state index contributed by atoms with van der Waals surface area (Å²) >= 11 is 0. The van der Waals surface area contributed by atoms with Gasteiger partial charge in [-0.3, -0.25) is 0 Å². The van der Waals surface area contributed by atoms with Gasteiger partial charge < -0.3 is 29.0 Å². The topological polar surface area (TPSA) is 60.4 Å². The van der Waals surface area contributed by atoms with Crippen LogP contribution in [0.15, 0.2) is 84.9 Å². The fourth-order valence-corrected chi connectivity index (χ4v) is 5.96. The maximum Gasteiger partial charge on any atom is 0.231 e. The zero-order valence-corrected chi connectivity index (χ0v) is 20.6. The monoisotopic (exact) mass is 501 g/mol. The zero-order chi connectivity index (χ0) is 25.4. The van der Waals surface area contributed by atoms with Crippen LogP contribution in [-0.2, 0) is 0 Å². The summed E-state index contributed by atoms with van der Waals surface area (Å²) in [7, 11) is 1.90. The van der Waals surface area contributed by atoms with Crippen molar-refractivity contribution in [1.29, 1.82) is 0 Å². The smallest absolute Gasteiger partial charge is 0.231 e. The Bertz CT molecular complexity index is 1750. The van der Waals surface area contributed by atoms with Gasteiger partial charge in [-0.2, -0.15) is 0 Å². The van der Waals surface area contributed by atoms with Crippen LogP contribution in [0.5, 0.6) is 23.0 Å². The summed E-state index contributed by atoms with van der Waals surface area (Å²) in [6.07, 6.45) is -0.890. The van der Waals surface area contributed by atoms with Gasteiger partial charge in [-0.15, -0.1) is 0 Å². The van der Waals surface area contributed by atoms with Crippen molar-refractivity contribution in [2.45, 2.75) is 6.23 Å². The van der Waals surface area contributed by atoms with Crippen LogP contribution < -0.4 is 23.8 Å². The summed E-state index contributed by atoms with van der Waals surface area (Å²) in [5.41, 5.74) is 7.96. The van der Waals surface area contributed by atoms with Gasteiger partial charge in [0.05, 0.1) is 11.3 Å². The van der Waals surface area contributed by atoms with E-state index in [1.807, 2.05) is 48.3 Å². The Morgan fingerprint density at radius 1 is 0.658 bits per heavy atom. The van der Waals surface area contributed by atoms with Crippen LogP contribution in [0.1, 0.15) is 11.8 Å². The number of aliphatic hydroxyl groups excluding tert-OH is 1. The standard InChI is InChI=1S/C32H23NO5/c1-33-29-23(21-13-14-25-30(37-16-35-25)28(21)32(33)34)12-11-22-24(29)15-26-31(38-17-36-26)27(22)20-9-7-19(8-10-20)18-5-3-2-4-6-18/h2-15,32,34H,16-17H2,1H3. The van der Waals surface area contributed by atoms with E-state index in [2.05, 4.69) is 48.5 Å². The Kier molecular flexibility index (Phi) is 4.46. The van der Waals surface area contributed by atoms with E-state index in [-0.39, 0.29) is 13.6 Å². The summed E-state index contributed by atoms with van der Waals surface area (Å²) in [6.45, 7) is 0.330.